The highest BCUT2D eigenvalue weighted by molar-refractivity contribution is 6.30. The van der Waals surface area contributed by atoms with Gasteiger partial charge in [-0.1, -0.05) is 48.0 Å². The molecule has 0 aliphatic heterocycles. The third-order valence-electron chi connectivity index (χ3n) is 4.55. The van der Waals surface area contributed by atoms with Gasteiger partial charge >= 0.3 is 0 Å². The normalized spacial score (nSPS) is 12.2. The highest BCUT2D eigenvalue weighted by Crippen LogP contribution is 2.35. The first-order valence-electron chi connectivity index (χ1n) is 9.10. The quantitative estimate of drug-likeness (QED) is 0.490. The van der Waals surface area contributed by atoms with Gasteiger partial charge in [0.15, 0.2) is 5.65 Å². The van der Waals surface area contributed by atoms with Crippen LogP contribution in [0.4, 0.5) is 5.82 Å². The standard InChI is InChI=1S/C22H21ClN4O/c1-15(13-28-2)26-21-20-19(16-7-4-3-5-8-16)12-27(22(20)25-14-24-21)18-10-6-9-17(23)11-18/h3-12,14-15H,13H2,1-2H3,(H,24,25,26). The average molecular weight is 393 g/mol. The van der Waals surface area contributed by atoms with E-state index < -0.39 is 0 Å². The van der Waals surface area contributed by atoms with Crippen LogP contribution < -0.4 is 5.32 Å². The number of nitrogens with zero attached hydrogens (tertiary/aromatic N) is 3. The lowest BCUT2D eigenvalue weighted by Gasteiger charge is -2.14. The first kappa shape index (κ1) is 18.5. The van der Waals surface area contributed by atoms with Gasteiger partial charge < -0.3 is 14.6 Å². The van der Waals surface area contributed by atoms with E-state index in [2.05, 4.69) is 45.1 Å². The van der Waals surface area contributed by atoms with Crippen LogP contribution in [0.3, 0.4) is 0 Å². The number of hydrogen-bond acceptors (Lipinski definition) is 4. The summed E-state index contributed by atoms with van der Waals surface area (Å²) in [4.78, 5) is 9.11. The minimum absolute atomic E-state index is 0.112. The van der Waals surface area contributed by atoms with Gasteiger partial charge in [-0.3, -0.25) is 0 Å². The molecule has 0 bridgehead atoms. The van der Waals surface area contributed by atoms with E-state index >= 15 is 0 Å². The van der Waals surface area contributed by atoms with E-state index in [9.17, 15) is 0 Å². The monoisotopic (exact) mass is 392 g/mol. The molecule has 2 heterocycles. The smallest absolute Gasteiger partial charge is 0.150 e. The van der Waals surface area contributed by atoms with E-state index in [1.54, 1.807) is 13.4 Å². The maximum atomic E-state index is 6.23. The Kier molecular flexibility index (Phi) is 5.28. The average Bonchev–Trinajstić information content (AvgIpc) is 3.10. The van der Waals surface area contributed by atoms with Crippen LogP contribution in [-0.2, 0) is 4.74 Å². The fourth-order valence-electron chi connectivity index (χ4n) is 3.36. The topological polar surface area (TPSA) is 52.0 Å². The van der Waals surface area contributed by atoms with Gasteiger partial charge in [0.05, 0.1) is 12.0 Å². The zero-order valence-electron chi connectivity index (χ0n) is 15.8. The van der Waals surface area contributed by atoms with Gasteiger partial charge in [0.2, 0.25) is 0 Å². The Morgan fingerprint density at radius 2 is 1.93 bits per heavy atom. The Balaban J connectivity index is 1.95. The van der Waals surface area contributed by atoms with Gasteiger partial charge in [-0.15, -0.1) is 0 Å². The van der Waals surface area contributed by atoms with E-state index in [-0.39, 0.29) is 6.04 Å². The molecule has 0 radical (unpaired) electrons. The number of anilines is 1. The Labute approximate surface area is 169 Å². The number of ether oxygens (including phenoxy) is 1. The molecule has 0 fully saturated rings. The summed E-state index contributed by atoms with van der Waals surface area (Å²) in [7, 11) is 1.69. The van der Waals surface area contributed by atoms with Gasteiger partial charge in [-0.25, -0.2) is 9.97 Å². The molecule has 1 unspecified atom stereocenters. The predicted octanol–water partition coefficient (Wildman–Crippen LogP) is 5.19. The molecule has 1 N–H and O–H groups in total. The van der Waals surface area contributed by atoms with Crippen molar-refractivity contribution >= 4 is 28.5 Å². The van der Waals surface area contributed by atoms with Crippen molar-refractivity contribution < 1.29 is 4.74 Å². The molecular formula is C22H21ClN4O. The molecule has 6 heteroatoms. The largest absolute Gasteiger partial charge is 0.383 e. The molecular weight excluding hydrogens is 372 g/mol. The molecule has 4 aromatic rings. The van der Waals surface area contributed by atoms with Crippen molar-refractivity contribution in [1.82, 2.24) is 14.5 Å². The van der Waals surface area contributed by atoms with Crippen LogP contribution in [-0.4, -0.2) is 34.3 Å². The molecule has 5 nitrogen and oxygen atoms in total. The molecule has 4 rings (SSSR count). The van der Waals surface area contributed by atoms with Crippen molar-refractivity contribution in [2.75, 3.05) is 19.0 Å². The number of nitrogens with one attached hydrogen (secondary N) is 1. The summed E-state index contributed by atoms with van der Waals surface area (Å²) in [6.45, 7) is 2.65. The number of benzene rings is 2. The maximum Gasteiger partial charge on any atom is 0.150 e. The summed E-state index contributed by atoms with van der Waals surface area (Å²) in [6, 6.07) is 18.1. The molecule has 0 spiro atoms. The summed E-state index contributed by atoms with van der Waals surface area (Å²) in [6.07, 6.45) is 3.67. The predicted molar refractivity (Wildman–Crippen MR) is 114 cm³/mol. The maximum absolute atomic E-state index is 6.23. The SMILES string of the molecule is COCC(C)Nc1ncnc2c1c(-c1ccccc1)cn2-c1cccc(Cl)c1. The molecule has 28 heavy (non-hydrogen) atoms. The van der Waals surface area contributed by atoms with Gasteiger partial charge in [0.1, 0.15) is 12.1 Å². The van der Waals surface area contributed by atoms with Crippen molar-refractivity contribution in [3.63, 3.8) is 0 Å². The van der Waals surface area contributed by atoms with Crippen molar-refractivity contribution in [2.45, 2.75) is 13.0 Å². The zero-order chi connectivity index (χ0) is 19.5. The van der Waals surface area contributed by atoms with E-state index in [1.165, 1.54) is 0 Å². The first-order chi connectivity index (χ1) is 13.7. The molecule has 0 amide bonds. The van der Waals surface area contributed by atoms with Crippen LogP contribution in [0.25, 0.3) is 27.8 Å². The molecule has 0 saturated heterocycles. The van der Waals surface area contributed by atoms with Crippen LogP contribution >= 0.6 is 11.6 Å². The third-order valence-corrected chi connectivity index (χ3v) is 4.79. The molecule has 0 aliphatic carbocycles. The lowest BCUT2D eigenvalue weighted by atomic mass is 10.1. The van der Waals surface area contributed by atoms with Crippen molar-refractivity contribution in [3.05, 3.63) is 72.1 Å². The lowest BCUT2D eigenvalue weighted by Crippen LogP contribution is -2.21. The molecule has 2 aromatic carbocycles. The summed E-state index contributed by atoms with van der Waals surface area (Å²) < 4.78 is 7.32. The van der Waals surface area contributed by atoms with Crippen molar-refractivity contribution in [1.29, 1.82) is 0 Å². The van der Waals surface area contributed by atoms with Gasteiger partial charge in [0, 0.05) is 35.6 Å². The van der Waals surface area contributed by atoms with Crippen LogP contribution in [0.15, 0.2) is 67.1 Å². The number of aromatic nitrogens is 3. The molecule has 1 atom stereocenters. The number of fused-ring (bicyclic) bond motifs is 1. The first-order valence-corrected chi connectivity index (χ1v) is 9.48. The number of rotatable bonds is 6. The second kappa shape index (κ2) is 8.00. The van der Waals surface area contributed by atoms with Crippen LogP contribution in [0, 0.1) is 0 Å². The van der Waals surface area contributed by atoms with E-state index in [0.29, 0.717) is 11.6 Å². The highest BCUT2D eigenvalue weighted by atomic mass is 35.5. The fourth-order valence-corrected chi connectivity index (χ4v) is 3.54. The minimum Gasteiger partial charge on any atom is -0.383 e. The summed E-state index contributed by atoms with van der Waals surface area (Å²) in [5.41, 5.74) is 3.94. The Hall–Kier alpha value is -2.89. The van der Waals surface area contributed by atoms with E-state index in [4.69, 9.17) is 16.3 Å². The Morgan fingerprint density at radius 1 is 1.11 bits per heavy atom. The molecule has 2 aromatic heterocycles. The summed E-state index contributed by atoms with van der Waals surface area (Å²) >= 11 is 6.23. The van der Waals surface area contributed by atoms with E-state index in [1.807, 2.05) is 42.5 Å². The van der Waals surface area contributed by atoms with Crippen LogP contribution in [0.5, 0.6) is 0 Å². The van der Waals surface area contributed by atoms with Crippen molar-refractivity contribution in [2.24, 2.45) is 0 Å². The second-order valence-corrected chi connectivity index (χ2v) is 7.12. The minimum atomic E-state index is 0.112. The van der Waals surface area contributed by atoms with Crippen molar-refractivity contribution in [3.8, 4) is 16.8 Å². The molecule has 142 valence electrons. The van der Waals surface area contributed by atoms with Gasteiger partial charge in [0.25, 0.3) is 0 Å². The number of methoxy groups -OCH3 is 1. The van der Waals surface area contributed by atoms with E-state index in [0.717, 1.165) is 33.7 Å². The van der Waals surface area contributed by atoms with Crippen LogP contribution in [0.2, 0.25) is 5.02 Å². The Bertz CT molecular complexity index is 1090. The summed E-state index contributed by atoms with van der Waals surface area (Å²) in [5.74, 6) is 0.786. The number of halogens is 1. The molecule has 0 aliphatic rings. The summed E-state index contributed by atoms with van der Waals surface area (Å²) in [5, 5.41) is 5.11. The fraction of sp³-hybridized carbons (Fsp3) is 0.182. The second-order valence-electron chi connectivity index (χ2n) is 6.68. The van der Waals surface area contributed by atoms with Crippen LogP contribution in [0.1, 0.15) is 6.92 Å². The Morgan fingerprint density at radius 3 is 2.68 bits per heavy atom. The lowest BCUT2D eigenvalue weighted by molar-refractivity contribution is 0.190. The highest BCUT2D eigenvalue weighted by Gasteiger charge is 2.18. The van der Waals surface area contributed by atoms with Gasteiger partial charge in [-0.2, -0.15) is 0 Å². The molecule has 0 saturated carbocycles. The zero-order valence-corrected chi connectivity index (χ0v) is 16.5. The third kappa shape index (κ3) is 3.59. The number of hydrogen-bond donors (Lipinski definition) is 1. The van der Waals surface area contributed by atoms with Gasteiger partial charge in [-0.05, 0) is 30.7 Å².